The van der Waals surface area contributed by atoms with Gasteiger partial charge in [-0.1, -0.05) is 35.7 Å². The molecule has 0 radical (unpaired) electrons. The predicted molar refractivity (Wildman–Crippen MR) is 82.3 cm³/mol. The molecule has 1 aliphatic rings. The van der Waals surface area contributed by atoms with Crippen LogP contribution in [0.4, 0.5) is 0 Å². The monoisotopic (exact) mass is 263 g/mol. The second-order valence-electron chi connectivity index (χ2n) is 5.48. The number of benzene rings is 1. The molecule has 0 spiro atoms. The second-order valence-corrected chi connectivity index (χ2v) is 6.59. The first-order chi connectivity index (χ1) is 8.74. The molecule has 0 bridgehead atoms. The van der Waals surface area contributed by atoms with Gasteiger partial charge in [0.25, 0.3) is 0 Å². The van der Waals surface area contributed by atoms with Gasteiger partial charge in [0.1, 0.15) is 0 Å². The van der Waals surface area contributed by atoms with Crippen molar-refractivity contribution in [3.63, 3.8) is 0 Å². The summed E-state index contributed by atoms with van der Waals surface area (Å²) in [6, 6.07) is 7.67. The SMILES string of the molecule is Cc1cc(C)cc(CSCCC2CCCCN2)c1. The quantitative estimate of drug-likeness (QED) is 0.804. The summed E-state index contributed by atoms with van der Waals surface area (Å²) in [5.41, 5.74) is 4.26. The molecule has 1 N–H and O–H groups in total. The first kappa shape index (κ1) is 14.0. The molecule has 0 amide bonds. The zero-order valence-corrected chi connectivity index (χ0v) is 12.5. The van der Waals surface area contributed by atoms with Crippen molar-refractivity contribution < 1.29 is 0 Å². The molecule has 0 aliphatic carbocycles. The van der Waals surface area contributed by atoms with Gasteiger partial charge < -0.3 is 5.32 Å². The highest BCUT2D eigenvalue weighted by Crippen LogP contribution is 2.18. The fourth-order valence-electron chi connectivity index (χ4n) is 2.74. The molecule has 2 heteroatoms. The summed E-state index contributed by atoms with van der Waals surface area (Å²) in [4.78, 5) is 0. The zero-order chi connectivity index (χ0) is 12.8. The van der Waals surface area contributed by atoms with Crippen LogP contribution in [0, 0.1) is 13.8 Å². The van der Waals surface area contributed by atoms with Crippen LogP contribution in [0.15, 0.2) is 18.2 Å². The van der Waals surface area contributed by atoms with E-state index in [0.717, 1.165) is 11.8 Å². The smallest absolute Gasteiger partial charge is 0.0184 e. The summed E-state index contributed by atoms with van der Waals surface area (Å²) in [5, 5.41) is 3.62. The van der Waals surface area contributed by atoms with Gasteiger partial charge in [0, 0.05) is 11.8 Å². The topological polar surface area (TPSA) is 12.0 Å². The minimum Gasteiger partial charge on any atom is -0.314 e. The van der Waals surface area contributed by atoms with Gasteiger partial charge >= 0.3 is 0 Å². The van der Waals surface area contributed by atoms with Crippen LogP contribution in [-0.4, -0.2) is 18.3 Å². The third-order valence-electron chi connectivity index (χ3n) is 3.57. The van der Waals surface area contributed by atoms with Gasteiger partial charge in [-0.2, -0.15) is 11.8 Å². The standard InChI is InChI=1S/C16H25NS/c1-13-9-14(2)11-15(10-13)12-18-8-6-16-5-3-4-7-17-16/h9-11,16-17H,3-8,12H2,1-2H3. The van der Waals surface area contributed by atoms with Crippen molar-refractivity contribution in [2.45, 2.75) is 51.3 Å². The minimum atomic E-state index is 0.783. The number of hydrogen-bond acceptors (Lipinski definition) is 2. The van der Waals surface area contributed by atoms with E-state index in [1.165, 1.54) is 54.7 Å². The van der Waals surface area contributed by atoms with E-state index in [2.05, 4.69) is 49.1 Å². The average molecular weight is 263 g/mol. The zero-order valence-electron chi connectivity index (χ0n) is 11.7. The van der Waals surface area contributed by atoms with Gasteiger partial charge in [-0.3, -0.25) is 0 Å². The van der Waals surface area contributed by atoms with E-state index >= 15 is 0 Å². The lowest BCUT2D eigenvalue weighted by Gasteiger charge is -2.23. The molecular weight excluding hydrogens is 238 g/mol. The Balaban J connectivity index is 1.68. The molecule has 2 rings (SSSR count). The molecule has 1 aromatic carbocycles. The van der Waals surface area contributed by atoms with E-state index in [-0.39, 0.29) is 0 Å². The fraction of sp³-hybridized carbons (Fsp3) is 0.625. The normalized spacial score (nSPS) is 20.0. The van der Waals surface area contributed by atoms with Crippen molar-refractivity contribution >= 4 is 11.8 Å². The van der Waals surface area contributed by atoms with Crippen LogP contribution < -0.4 is 5.32 Å². The van der Waals surface area contributed by atoms with Gasteiger partial charge in [0.15, 0.2) is 0 Å². The molecule has 1 atom stereocenters. The molecule has 1 saturated heterocycles. The Morgan fingerprint density at radius 3 is 2.61 bits per heavy atom. The maximum absolute atomic E-state index is 3.62. The van der Waals surface area contributed by atoms with Crippen molar-refractivity contribution in [3.8, 4) is 0 Å². The van der Waals surface area contributed by atoms with Gasteiger partial charge in [-0.05, 0) is 51.0 Å². The highest BCUT2D eigenvalue weighted by Gasteiger charge is 2.11. The number of hydrogen-bond donors (Lipinski definition) is 1. The molecule has 1 unspecified atom stereocenters. The third kappa shape index (κ3) is 4.66. The molecule has 1 nitrogen and oxygen atoms in total. The van der Waals surface area contributed by atoms with Crippen LogP contribution in [0.3, 0.4) is 0 Å². The molecule has 1 fully saturated rings. The van der Waals surface area contributed by atoms with Crippen LogP contribution in [0.2, 0.25) is 0 Å². The van der Waals surface area contributed by atoms with Gasteiger partial charge in [0.05, 0.1) is 0 Å². The second kappa shape index (κ2) is 7.20. The third-order valence-corrected chi connectivity index (χ3v) is 4.64. The summed E-state index contributed by atoms with van der Waals surface area (Å²) in [7, 11) is 0. The predicted octanol–water partition coefficient (Wildman–Crippen LogP) is 4.07. The Morgan fingerprint density at radius 2 is 1.94 bits per heavy atom. The molecule has 0 aromatic heterocycles. The average Bonchev–Trinajstić information content (AvgIpc) is 2.35. The Labute approximate surface area is 116 Å². The number of aryl methyl sites for hydroxylation is 2. The first-order valence-corrected chi connectivity index (χ1v) is 8.28. The number of piperidine rings is 1. The van der Waals surface area contributed by atoms with Crippen molar-refractivity contribution in [1.29, 1.82) is 0 Å². The Morgan fingerprint density at radius 1 is 1.17 bits per heavy atom. The lowest BCUT2D eigenvalue weighted by Crippen LogP contribution is -2.34. The van der Waals surface area contributed by atoms with Gasteiger partial charge in [-0.15, -0.1) is 0 Å². The van der Waals surface area contributed by atoms with E-state index in [1.807, 2.05) is 0 Å². The summed E-state index contributed by atoms with van der Waals surface area (Å²) in [6.45, 7) is 5.60. The van der Waals surface area contributed by atoms with Crippen LogP contribution in [-0.2, 0) is 5.75 Å². The Bertz CT molecular complexity index is 349. The first-order valence-electron chi connectivity index (χ1n) is 7.12. The number of thioether (sulfide) groups is 1. The van der Waals surface area contributed by atoms with E-state index < -0.39 is 0 Å². The summed E-state index contributed by atoms with van der Waals surface area (Å²) >= 11 is 2.08. The van der Waals surface area contributed by atoms with E-state index in [9.17, 15) is 0 Å². The largest absolute Gasteiger partial charge is 0.314 e. The molecule has 18 heavy (non-hydrogen) atoms. The van der Waals surface area contributed by atoms with Crippen LogP contribution in [0.1, 0.15) is 42.4 Å². The van der Waals surface area contributed by atoms with Crippen molar-refractivity contribution in [3.05, 3.63) is 34.9 Å². The number of rotatable bonds is 5. The van der Waals surface area contributed by atoms with Crippen molar-refractivity contribution in [1.82, 2.24) is 5.32 Å². The van der Waals surface area contributed by atoms with Gasteiger partial charge in [0.2, 0.25) is 0 Å². The maximum atomic E-state index is 3.62. The lowest BCUT2D eigenvalue weighted by atomic mass is 10.0. The maximum Gasteiger partial charge on any atom is 0.0184 e. The van der Waals surface area contributed by atoms with Crippen molar-refractivity contribution in [2.24, 2.45) is 0 Å². The van der Waals surface area contributed by atoms with Crippen LogP contribution in [0.5, 0.6) is 0 Å². The Kier molecular flexibility index (Phi) is 5.58. The molecule has 1 heterocycles. The highest BCUT2D eigenvalue weighted by atomic mass is 32.2. The number of nitrogens with one attached hydrogen (secondary N) is 1. The fourth-order valence-corrected chi connectivity index (χ4v) is 3.74. The molecule has 100 valence electrons. The van der Waals surface area contributed by atoms with Crippen LogP contribution >= 0.6 is 11.8 Å². The van der Waals surface area contributed by atoms with Crippen molar-refractivity contribution in [2.75, 3.05) is 12.3 Å². The lowest BCUT2D eigenvalue weighted by molar-refractivity contribution is 0.395. The highest BCUT2D eigenvalue weighted by molar-refractivity contribution is 7.98. The van der Waals surface area contributed by atoms with E-state index in [0.29, 0.717) is 0 Å². The van der Waals surface area contributed by atoms with Gasteiger partial charge in [-0.25, -0.2) is 0 Å². The van der Waals surface area contributed by atoms with E-state index in [4.69, 9.17) is 0 Å². The Hall–Kier alpha value is -0.470. The summed E-state index contributed by atoms with van der Waals surface area (Å²) in [6.07, 6.45) is 5.49. The molecule has 1 aliphatic heterocycles. The van der Waals surface area contributed by atoms with E-state index in [1.54, 1.807) is 0 Å². The molecule has 1 aromatic rings. The molecular formula is C16H25NS. The molecule has 0 saturated carbocycles. The summed E-state index contributed by atoms with van der Waals surface area (Å²) < 4.78 is 0. The minimum absolute atomic E-state index is 0.783. The van der Waals surface area contributed by atoms with Crippen LogP contribution in [0.25, 0.3) is 0 Å². The summed E-state index contributed by atoms with van der Waals surface area (Å²) in [5.74, 6) is 2.44.